The highest BCUT2D eigenvalue weighted by atomic mass is 79.9. The zero-order chi connectivity index (χ0) is 15.1. The molecule has 0 aromatic heterocycles. The van der Waals surface area contributed by atoms with Gasteiger partial charge in [0, 0.05) is 10.7 Å². The first-order valence-corrected chi connectivity index (χ1v) is 9.66. The number of halogens is 1. The summed E-state index contributed by atoms with van der Waals surface area (Å²) < 4.78 is 6.20. The topological polar surface area (TPSA) is 9.23 Å². The van der Waals surface area contributed by atoms with Crippen molar-refractivity contribution in [3.63, 3.8) is 0 Å². The summed E-state index contributed by atoms with van der Waals surface area (Å²) in [5.74, 6) is 1.06. The molecule has 0 unspecified atom stereocenters. The Kier molecular flexibility index (Phi) is 6.60. The zero-order valence-electron chi connectivity index (χ0n) is 13.6. The first-order valence-electron chi connectivity index (χ1n) is 8.53. The van der Waals surface area contributed by atoms with Crippen LogP contribution in [0.1, 0.15) is 63.5 Å². The molecule has 1 aliphatic carbocycles. The SMILES string of the molecule is CCCC(CBr)(CCC)COc1ccc2c(c1)CCCC2. The van der Waals surface area contributed by atoms with Gasteiger partial charge in [0.1, 0.15) is 5.75 Å². The van der Waals surface area contributed by atoms with Gasteiger partial charge in [0.25, 0.3) is 0 Å². The van der Waals surface area contributed by atoms with E-state index in [0.29, 0.717) is 5.41 Å². The molecule has 0 saturated carbocycles. The monoisotopic (exact) mass is 352 g/mol. The van der Waals surface area contributed by atoms with E-state index in [1.807, 2.05) is 0 Å². The molecule has 1 aliphatic rings. The van der Waals surface area contributed by atoms with Gasteiger partial charge in [-0.1, -0.05) is 48.7 Å². The lowest BCUT2D eigenvalue weighted by Crippen LogP contribution is -2.30. The predicted octanol–water partition coefficient (Wildman–Crippen LogP) is 5.93. The van der Waals surface area contributed by atoms with Gasteiger partial charge in [-0.05, 0) is 61.8 Å². The van der Waals surface area contributed by atoms with E-state index in [0.717, 1.165) is 17.7 Å². The minimum absolute atomic E-state index is 0.291. The van der Waals surface area contributed by atoms with Crippen molar-refractivity contribution in [1.29, 1.82) is 0 Å². The van der Waals surface area contributed by atoms with Gasteiger partial charge >= 0.3 is 0 Å². The third kappa shape index (κ3) is 4.48. The number of ether oxygens (including phenoxy) is 1. The molecule has 2 heteroatoms. The zero-order valence-corrected chi connectivity index (χ0v) is 15.2. The van der Waals surface area contributed by atoms with E-state index >= 15 is 0 Å². The van der Waals surface area contributed by atoms with Crippen molar-refractivity contribution in [1.82, 2.24) is 0 Å². The van der Waals surface area contributed by atoms with Crippen LogP contribution in [0.25, 0.3) is 0 Å². The average molecular weight is 353 g/mol. The number of rotatable bonds is 8. The number of hydrogen-bond donors (Lipinski definition) is 0. The average Bonchev–Trinajstić information content (AvgIpc) is 2.53. The summed E-state index contributed by atoms with van der Waals surface area (Å²) in [6, 6.07) is 6.73. The number of fused-ring (bicyclic) bond motifs is 1. The van der Waals surface area contributed by atoms with Crippen LogP contribution in [0.3, 0.4) is 0 Å². The van der Waals surface area contributed by atoms with Crippen molar-refractivity contribution in [3.8, 4) is 5.75 Å². The summed E-state index contributed by atoms with van der Waals surface area (Å²) in [5.41, 5.74) is 3.33. The van der Waals surface area contributed by atoms with Gasteiger partial charge in [-0.25, -0.2) is 0 Å². The quantitative estimate of drug-likeness (QED) is 0.527. The molecule has 1 nitrogen and oxygen atoms in total. The Morgan fingerprint density at radius 1 is 1.05 bits per heavy atom. The van der Waals surface area contributed by atoms with Crippen LogP contribution < -0.4 is 4.74 Å². The Morgan fingerprint density at radius 3 is 2.33 bits per heavy atom. The summed E-state index contributed by atoms with van der Waals surface area (Å²) in [4.78, 5) is 0. The maximum Gasteiger partial charge on any atom is 0.119 e. The van der Waals surface area contributed by atoms with Crippen LogP contribution in [0.15, 0.2) is 18.2 Å². The highest BCUT2D eigenvalue weighted by Crippen LogP contribution is 2.33. The minimum Gasteiger partial charge on any atom is -0.493 e. The molecule has 1 aromatic rings. The van der Waals surface area contributed by atoms with Gasteiger partial charge in [0.15, 0.2) is 0 Å². The van der Waals surface area contributed by atoms with Gasteiger partial charge in [-0.3, -0.25) is 0 Å². The van der Waals surface area contributed by atoms with Crippen LogP contribution in [0.2, 0.25) is 0 Å². The lowest BCUT2D eigenvalue weighted by atomic mass is 9.82. The van der Waals surface area contributed by atoms with E-state index in [2.05, 4.69) is 48.0 Å². The van der Waals surface area contributed by atoms with E-state index in [1.165, 1.54) is 62.5 Å². The van der Waals surface area contributed by atoms with Crippen molar-refractivity contribution in [3.05, 3.63) is 29.3 Å². The predicted molar refractivity (Wildman–Crippen MR) is 94.6 cm³/mol. The molecule has 0 atom stereocenters. The van der Waals surface area contributed by atoms with Gasteiger partial charge in [-0.15, -0.1) is 0 Å². The van der Waals surface area contributed by atoms with Gasteiger partial charge in [0.2, 0.25) is 0 Å². The van der Waals surface area contributed by atoms with Gasteiger partial charge < -0.3 is 4.74 Å². The molecule has 1 aromatic carbocycles. The molecule has 0 bridgehead atoms. The first-order chi connectivity index (χ1) is 10.2. The Morgan fingerprint density at radius 2 is 1.71 bits per heavy atom. The molecule has 21 heavy (non-hydrogen) atoms. The molecular formula is C19H29BrO. The molecular weight excluding hydrogens is 324 g/mol. The van der Waals surface area contributed by atoms with Crippen molar-refractivity contribution >= 4 is 15.9 Å². The highest BCUT2D eigenvalue weighted by Gasteiger charge is 2.28. The summed E-state index contributed by atoms with van der Waals surface area (Å²) >= 11 is 3.73. The molecule has 0 saturated heterocycles. The van der Waals surface area contributed by atoms with Crippen LogP contribution in [-0.2, 0) is 12.8 Å². The van der Waals surface area contributed by atoms with Crippen LogP contribution in [0.4, 0.5) is 0 Å². The smallest absolute Gasteiger partial charge is 0.119 e. The summed E-state index contributed by atoms with van der Waals surface area (Å²) in [6.07, 6.45) is 10.0. The fourth-order valence-electron chi connectivity index (χ4n) is 3.54. The lowest BCUT2D eigenvalue weighted by molar-refractivity contribution is 0.144. The highest BCUT2D eigenvalue weighted by molar-refractivity contribution is 9.09. The molecule has 0 heterocycles. The number of aryl methyl sites for hydroxylation is 2. The van der Waals surface area contributed by atoms with E-state index in [-0.39, 0.29) is 0 Å². The van der Waals surface area contributed by atoms with Crippen molar-refractivity contribution in [2.24, 2.45) is 5.41 Å². The first kappa shape index (κ1) is 16.9. The van der Waals surface area contributed by atoms with Crippen LogP contribution >= 0.6 is 15.9 Å². The van der Waals surface area contributed by atoms with Crippen molar-refractivity contribution in [2.45, 2.75) is 65.2 Å². The van der Waals surface area contributed by atoms with E-state index < -0.39 is 0 Å². The van der Waals surface area contributed by atoms with E-state index in [4.69, 9.17) is 4.74 Å². The summed E-state index contributed by atoms with van der Waals surface area (Å²) in [6.45, 7) is 5.37. The maximum atomic E-state index is 6.20. The van der Waals surface area contributed by atoms with E-state index in [9.17, 15) is 0 Å². The number of hydrogen-bond acceptors (Lipinski definition) is 1. The summed E-state index contributed by atoms with van der Waals surface area (Å²) in [7, 11) is 0. The lowest BCUT2D eigenvalue weighted by Gasteiger charge is -2.31. The molecule has 0 radical (unpaired) electrons. The number of benzene rings is 1. The molecule has 0 fully saturated rings. The molecule has 2 rings (SSSR count). The Balaban J connectivity index is 2.03. The van der Waals surface area contributed by atoms with Gasteiger partial charge in [0.05, 0.1) is 6.61 Å². The standard InChI is InChI=1S/C19H29BrO/c1-3-11-19(14-20,12-4-2)15-21-18-10-9-16-7-5-6-8-17(16)13-18/h9-10,13H,3-8,11-12,14-15H2,1-2H3. The molecule has 0 spiro atoms. The van der Waals surface area contributed by atoms with Crippen molar-refractivity contribution in [2.75, 3.05) is 11.9 Å². The molecule has 0 amide bonds. The van der Waals surface area contributed by atoms with Crippen LogP contribution in [-0.4, -0.2) is 11.9 Å². The second kappa shape index (κ2) is 8.22. The molecule has 0 aliphatic heterocycles. The van der Waals surface area contributed by atoms with Crippen molar-refractivity contribution < 1.29 is 4.74 Å². The maximum absolute atomic E-state index is 6.20. The fourth-order valence-corrected chi connectivity index (χ4v) is 4.26. The largest absolute Gasteiger partial charge is 0.493 e. The molecule has 0 N–H and O–H groups in total. The molecule has 118 valence electrons. The fraction of sp³-hybridized carbons (Fsp3) is 0.684. The normalized spacial score (nSPS) is 14.8. The minimum atomic E-state index is 0.291. The second-order valence-electron chi connectivity index (χ2n) is 6.56. The van der Waals surface area contributed by atoms with Crippen LogP contribution in [0.5, 0.6) is 5.75 Å². The van der Waals surface area contributed by atoms with Gasteiger partial charge in [-0.2, -0.15) is 0 Å². The Labute approximate surface area is 138 Å². The Hall–Kier alpha value is -0.500. The Bertz CT molecular complexity index is 435. The third-order valence-corrected chi connectivity index (χ3v) is 5.90. The van der Waals surface area contributed by atoms with E-state index in [1.54, 1.807) is 0 Å². The number of alkyl halides is 1. The van der Waals surface area contributed by atoms with Crippen LogP contribution in [0, 0.1) is 5.41 Å². The summed E-state index contributed by atoms with van der Waals surface area (Å²) in [5, 5.41) is 1.03. The second-order valence-corrected chi connectivity index (χ2v) is 7.12. The third-order valence-electron chi connectivity index (χ3n) is 4.71.